The van der Waals surface area contributed by atoms with Crippen LogP contribution < -0.4 is 10.6 Å². The van der Waals surface area contributed by atoms with Crippen molar-refractivity contribution < 1.29 is 0 Å². The molecular formula is C18H19N3. The SMILES string of the molecule is Cc1ccc(N(C)c2ccc3cnccc3c2N)c(C)c1. The van der Waals surface area contributed by atoms with Gasteiger partial charge in [0.2, 0.25) is 0 Å². The summed E-state index contributed by atoms with van der Waals surface area (Å²) in [5.74, 6) is 0. The molecule has 0 aliphatic rings. The number of rotatable bonds is 2. The lowest BCUT2D eigenvalue weighted by Gasteiger charge is -2.24. The Labute approximate surface area is 125 Å². The summed E-state index contributed by atoms with van der Waals surface area (Å²) in [4.78, 5) is 6.28. The minimum Gasteiger partial charge on any atom is -0.397 e. The standard InChI is InChI=1S/C18H19N3/c1-12-4-6-16(13(2)10-12)21(3)17-7-5-14-11-20-9-8-15(14)18(17)19/h4-11H,19H2,1-3H3. The van der Waals surface area contributed by atoms with E-state index in [1.54, 1.807) is 6.20 Å². The number of pyridine rings is 1. The summed E-state index contributed by atoms with van der Waals surface area (Å²) in [7, 11) is 2.05. The number of nitrogen functional groups attached to an aromatic ring is 1. The maximum atomic E-state index is 6.37. The zero-order valence-corrected chi connectivity index (χ0v) is 12.6. The predicted octanol–water partition coefficient (Wildman–Crippen LogP) is 4.20. The fourth-order valence-corrected chi connectivity index (χ4v) is 2.79. The Morgan fingerprint density at radius 2 is 1.76 bits per heavy atom. The summed E-state index contributed by atoms with van der Waals surface area (Å²) in [6, 6.07) is 12.5. The van der Waals surface area contributed by atoms with Crippen molar-refractivity contribution in [1.82, 2.24) is 4.98 Å². The van der Waals surface area contributed by atoms with E-state index >= 15 is 0 Å². The number of aromatic nitrogens is 1. The molecule has 106 valence electrons. The fourth-order valence-electron chi connectivity index (χ4n) is 2.79. The molecule has 1 aromatic heterocycles. The number of aryl methyl sites for hydroxylation is 2. The lowest BCUT2D eigenvalue weighted by atomic mass is 10.1. The molecule has 2 aromatic carbocycles. The zero-order chi connectivity index (χ0) is 15.0. The van der Waals surface area contributed by atoms with Crippen molar-refractivity contribution in [2.75, 3.05) is 17.7 Å². The minimum absolute atomic E-state index is 0.789. The van der Waals surface area contributed by atoms with Gasteiger partial charge < -0.3 is 10.6 Å². The van der Waals surface area contributed by atoms with Crippen molar-refractivity contribution in [3.8, 4) is 0 Å². The number of nitrogens with two attached hydrogens (primary N) is 1. The highest BCUT2D eigenvalue weighted by atomic mass is 15.1. The highest BCUT2D eigenvalue weighted by Crippen LogP contribution is 2.35. The van der Waals surface area contributed by atoms with Crippen LogP contribution in [-0.4, -0.2) is 12.0 Å². The summed E-state index contributed by atoms with van der Waals surface area (Å²) in [6.45, 7) is 4.23. The molecule has 0 atom stereocenters. The molecule has 1 heterocycles. The van der Waals surface area contributed by atoms with Crippen molar-refractivity contribution in [1.29, 1.82) is 0 Å². The van der Waals surface area contributed by atoms with Crippen LogP contribution in [0.2, 0.25) is 0 Å². The van der Waals surface area contributed by atoms with E-state index in [1.807, 2.05) is 12.3 Å². The van der Waals surface area contributed by atoms with Crippen molar-refractivity contribution in [3.63, 3.8) is 0 Å². The summed E-state index contributed by atoms with van der Waals surface area (Å²) >= 11 is 0. The maximum Gasteiger partial charge on any atom is 0.0648 e. The Balaban J connectivity index is 2.13. The predicted molar refractivity (Wildman–Crippen MR) is 90.1 cm³/mol. The molecule has 2 N–H and O–H groups in total. The summed E-state index contributed by atoms with van der Waals surface area (Å²) in [5.41, 5.74) is 11.8. The number of hydrogen-bond donors (Lipinski definition) is 1. The molecule has 3 heteroatoms. The summed E-state index contributed by atoms with van der Waals surface area (Å²) in [6.07, 6.45) is 3.62. The average Bonchev–Trinajstić information content (AvgIpc) is 2.47. The molecule has 0 aliphatic carbocycles. The van der Waals surface area contributed by atoms with Crippen LogP contribution in [0.4, 0.5) is 17.1 Å². The average molecular weight is 277 g/mol. The molecule has 0 bridgehead atoms. The first-order chi connectivity index (χ1) is 10.1. The third kappa shape index (κ3) is 2.31. The van der Waals surface area contributed by atoms with E-state index in [0.717, 1.165) is 22.1 Å². The van der Waals surface area contributed by atoms with Crippen LogP contribution >= 0.6 is 0 Å². The van der Waals surface area contributed by atoms with Gasteiger partial charge in [-0.05, 0) is 37.6 Å². The van der Waals surface area contributed by atoms with E-state index < -0.39 is 0 Å². The number of hydrogen-bond acceptors (Lipinski definition) is 3. The Morgan fingerprint density at radius 1 is 1.00 bits per heavy atom. The summed E-state index contributed by atoms with van der Waals surface area (Å²) < 4.78 is 0. The normalized spacial score (nSPS) is 10.8. The maximum absolute atomic E-state index is 6.37. The molecule has 3 rings (SSSR count). The second-order valence-electron chi connectivity index (χ2n) is 5.44. The van der Waals surface area contributed by atoms with E-state index in [0.29, 0.717) is 0 Å². The molecule has 0 amide bonds. The third-order valence-corrected chi connectivity index (χ3v) is 3.91. The van der Waals surface area contributed by atoms with Crippen LogP contribution in [0.15, 0.2) is 48.8 Å². The first kappa shape index (κ1) is 13.4. The van der Waals surface area contributed by atoms with E-state index in [4.69, 9.17) is 5.73 Å². The lowest BCUT2D eigenvalue weighted by Crippen LogP contribution is -2.13. The van der Waals surface area contributed by atoms with Crippen LogP contribution in [0.1, 0.15) is 11.1 Å². The first-order valence-corrected chi connectivity index (χ1v) is 7.01. The van der Waals surface area contributed by atoms with Gasteiger partial charge in [-0.15, -0.1) is 0 Å². The lowest BCUT2D eigenvalue weighted by molar-refractivity contribution is 1.18. The van der Waals surface area contributed by atoms with Crippen LogP contribution in [-0.2, 0) is 0 Å². The van der Waals surface area contributed by atoms with Gasteiger partial charge in [-0.3, -0.25) is 4.98 Å². The molecule has 0 fully saturated rings. The van der Waals surface area contributed by atoms with Crippen molar-refractivity contribution in [2.24, 2.45) is 0 Å². The van der Waals surface area contributed by atoms with Gasteiger partial charge in [0.05, 0.1) is 11.4 Å². The smallest absolute Gasteiger partial charge is 0.0648 e. The van der Waals surface area contributed by atoms with E-state index in [1.165, 1.54) is 16.8 Å². The number of nitrogens with zero attached hydrogens (tertiary/aromatic N) is 2. The van der Waals surface area contributed by atoms with Crippen molar-refractivity contribution in [2.45, 2.75) is 13.8 Å². The zero-order valence-electron chi connectivity index (χ0n) is 12.6. The highest BCUT2D eigenvalue weighted by molar-refractivity contribution is 5.99. The molecule has 0 aliphatic heterocycles. The molecule has 0 radical (unpaired) electrons. The van der Waals surface area contributed by atoms with Crippen molar-refractivity contribution in [3.05, 3.63) is 59.9 Å². The monoisotopic (exact) mass is 277 g/mol. The Hall–Kier alpha value is -2.55. The van der Waals surface area contributed by atoms with Crippen LogP contribution in [0.3, 0.4) is 0 Å². The van der Waals surface area contributed by atoms with Gasteiger partial charge in [0.1, 0.15) is 0 Å². The van der Waals surface area contributed by atoms with Crippen LogP contribution in [0.25, 0.3) is 10.8 Å². The second-order valence-corrected chi connectivity index (χ2v) is 5.44. The molecular weight excluding hydrogens is 258 g/mol. The van der Waals surface area contributed by atoms with E-state index in [9.17, 15) is 0 Å². The second kappa shape index (κ2) is 5.09. The first-order valence-electron chi connectivity index (χ1n) is 7.01. The molecule has 3 nitrogen and oxygen atoms in total. The quantitative estimate of drug-likeness (QED) is 0.714. The van der Waals surface area contributed by atoms with Crippen LogP contribution in [0.5, 0.6) is 0 Å². The molecule has 0 unspecified atom stereocenters. The van der Waals surface area contributed by atoms with E-state index in [2.05, 4.69) is 61.1 Å². The molecule has 0 spiro atoms. The van der Waals surface area contributed by atoms with Gasteiger partial charge in [-0.2, -0.15) is 0 Å². The Morgan fingerprint density at radius 3 is 2.52 bits per heavy atom. The van der Waals surface area contributed by atoms with Gasteiger partial charge in [0, 0.05) is 35.9 Å². The number of fused-ring (bicyclic) bond motifs is 1. The van der Waals surface area contributed by atoms with Gasteiger partial charge in [0.15, 0.2) is 0 Å². The third-order valence-electron chi connectivity index (χ3n) is 3.91. The number of benzene rings is 2. The fraction of sp³-hybridized carbons (Fsp3) is 0.167. The number of anilines is 3. The Bertz CT molecular complexity index is 809. The molecule has 0 saturated carbocycles. The molecule has 0 saturated heterocycles. The molecule has 3 aromatic rings. The minimum atomic E-state index is 0.789. The largest absolute Gasteiger partial charge is 0.397 e. The molecule has 21 heavy (non-hydrogen) atoms. The van der Waals surface area contributed by atoms with Gasteiger partial charge in [-0.1, -0.05) is 23.8 Å². The van der Waals surface area contributed by atoms with Gasteiger partial charge in [-0.25, -0.2) is 0 Å². The summed E-state index contributed by atoms with van der Waals surface area (Å²) in [5, 5.41) is 2.10. The van der Waals surface area contributed by atoms with Crippen LogP contribution in [0, 0.1) is 13.8 Å². The highest BCUT2D eigenvalue weighted by Gasteiger charge is 2.12. The van der Waals surface area contributed by atoms with Crippen molar-refractivity contribution >= 4 is 27.8 Å². The van der Waals surface area contributed by atoms with Gasteiger partial charge >= 0.3 is 0 Å². The Kier molecular flexibility index (Phi) is 3.26. The van der Waals surface area contributed by atoms with E-state index in [-0.39, 0.29) is 0 Å². The topological polar surface area (TPSA) is 42.2 Å². The van der Waals surface area contributed by atoms with Gasteiger partial charge in [0.25, 0.3) is 0 Å².